The third kappa shape index (κ3) is 4.44. The van der Waals surface area contributed by atoms with Crippen molar-refractivity contribution in [3.05, 3.63) is 115 Å². The number of phenolic OH excluding ortho intramolecular Hbond substituents is 1. The molecule has 1 N–H and O–H groups in total. The fraction of sp³-hybridized carbons (Fsp3) is 0. The molecular weight excluding hydrogens is 601 g/mol. The maximum atomic E-state index is 10.1. The quantitative estimate of drug-likeness (QED) is 0.135. The summed E-state index contributed by atoms with van der Waals surface area (Å²) in [5.41, 5.74) is 4.14. The zero-order valence-corrected chi connectivity index (χ0v) is 20.4. The molecule has 1 heterocycles. The molecule has 0 aliphatic heterocycles. The van der Waals surface area contributed by atoms with Crippen molar-refractivity contribution in [2.75, 3.05) is 0 Å². The second kappa shape index (κ2) is 10.3. The van der Waals surface area contributed by atoms with Crippen molar-refractivity contribution in [2.24, 2.45) is 0 Å². The summed E-state index contributed by atoms with van der Waals surface area (Å²) in [6.07, 6.45) is 2.47. The number of nitrogens with zero attached hydrogens (tertiary/aromatic N) is 2. The molecule has 0 unspecified atom stereocenters. The molecule has 0 amide bonds. The van der Waals surface area contributed by atoms with Gasteiger partial charge >= 0.3 is 0 Å². The molecule has 0 aliphatic rings. The predicted molar refractivity (Wildman–Crippen MR) is 132 cm³/mol. The van der Waals surface area contributed by atoms with Crippen LogP contribution in [0.1, 0.15) is 10.4 Å². The van der Waals surface area contributed by atoms with Crippen LogP contribution in [0.3, 0.4) is 0 Å². The fourth-order valence-corrected chi connectivity index (χ4v) is 3.88. The Morgan fingerprint density at radius 3 is 2.15 bits per heavy atom. The Kier molecular flexibility index (Phi) is 7.07. The van der Waals surface area contributed by atoms with E-state index in [0.717, 1.165) is 33.1 Å². The third-order valence-electron chi connectivity index (χ3n) is 5.47. The molecule has 4 nitrogen and oxygen atoms in total. The van der Waals surface area contributed by atoms with Gasteiger partial charge in [0.15, 0.2) is 6.29 Å². The van der Waals surface area contributed by atoms with Crippen LogP contribution in [0.5, 0.6) is 5.75 Å². The van der Waals surface area contributed by atoms with Crippen LogP contribution in [-0.2, 0) is 20.1 Å². The second-order valence-corrected chi connectivity index (χ2v) is 7.50. The van der Waals surface area contributed by atoms with E-state index in [1.807, 2.05) is 36.5 Å². The van der Waals surface area contributed by atoms with Gasteiger partial charge in [0.1, 0.15) is 5.75 Å². The summed E-state index contributed by atoms with van der Waals surface area (Å²) < 4.78 is 0. The Bertz CT molecular complexity index is 1570. The first kappa shape index (κ1) is 23.2. The smallest absolute Gasteiger partial charge is 0.153 e. The van der Waals surface area contributed by atoms with E-state index < -0.39 is 0 Å². The minimum atomic E-state index is 0. The Hall–Kier alpha value is -3.92. The van der Waals surface area contributed by atoms with Crippen molar-refractivity contribution in [2.45, 2.75) is 0 Å². The summed E-state index contributed by atoms with van der Waals surface area (Å²) in [5, 5.41) is 13.4. The van der Waals surface area contributed by atoms with Crippen molar-refractivity contribution >= 4 is 38.9 Å². The summed E-state index contributed by atoms with van der Waals surface area (Å²) in [6, 6.07) is 34.4. The predicted octanol–water partition coefficient (Wildman–Crippen LogP) is 6.61. The van der Waals surface area contributed by atoms with Crippen molar-refractivity contribution in [1.82, 2.24) is 9.97 Å². The molecular formula is C29H19IrN2O2-. The maximum Gasteiger partial charge on any atom is 0.153 e. The van der Waals surface area contributed by atoms with Crippen LogP contribution in [-0.4, -0.2) is 21.4 Å². The molecule has 6 aromatic rings. The van der Waals surface area contributed by atoms with Gasteiger partial charge in [-0.1, -0.05) is 77.5 Å². The molecule has 6 rings (SSSR count). The monoisotopic (exact) mass is 620 g/mol. The summed E-state index contributed by atoms with van der Waals surface area (Å²) >= 11 is 0. The van der Waals surface area contributed by atoms with Crippen LogP contribution in [0.15, 0.2) is 103 Å². The van der Waals surface area contributed by atoms with Crippen molar-refractivity contribution < 1.29 is 30.0 Å². The number of carbonyl (C=O) groups is 1. The number of hydrogen-bond acceptors (Lipinski definition) is 4. The fourth-order valence-electron chi connectivity index (χ4n) is 3.88. The normalized spacial score (nSPS) is 10.4. The first-order valence-electron chi connectivity index (χ1n) is 10.5. The summed E-state index contributed by atoms with van der Waals surface area (Å²) in [6.45, 7) is 0. The average Bonchev–Trinajstić information content (AvgIpc) is 2.90. The van der Waals surface area contributed by atoms with E-state index in [1.165, 1.54) is 16.8 Å². The van der Waals surface area contributed by atoms with Crippen LogP contribution >= 0.6 is 0 Å². The van der Waals surface area contributed by atoms with Crippen molar-refractivity contribution in [3.63, 3.8) is 0 Å². The molecule has 1 radical (unpaired) electrons. The first-order chi connectivity index (χ1) is 16.3. The van der Waals surface area contributed by atoms with E-state index in [2.05, 4.69) is 48.5 Å². The Morgan fingerprint density at radius 1 is 0.735 bits per heavy atom. The standard InChI is InChI=1S/C22H13N2.C7H6O2.Ir/c1-2-8-15(9-3-1)20-14-23-21-18-12-6-4-10-16(18)17-11-5-7-13-19(17)22(21)24-20;8-5-6-3-1-2-4-7(6)9;/h1-11,13-14H;1-5,9H;/q-1;;. The van der Waals surface area contributed by atoms with E-state index in [1.54, 1.807) is 18.2 Å². The van der Waals surface area contributed by atoms with Gasteiger partial charge in [-0.25, -0.2) is 0 Å². The van der Waals surface area contributed by atoms with E-state index in [0.29, 0.717) is 11.8 Å². The zero-order valence-electron chi connectivity index (χ0n) is 18.0. The maximum absolute atomic E-state index is 10.1. The summed E-state index contributed by atoms with van der Waals surface area (Å²) in [5.74, 6) is 0.0347. The first-order valence-corrected chi connectivity index (χ1v) is 10.5. The van der Waals surface area contributed by atoms with Crippen LogP contribution in [0, 0.1) is 6.07 Å². The van der Waals surface area contributed by atoms with Crippen molar-refractivity contribution in [3.8, 4) is 17.0 Å². The number of carbonyl (C=O) groups excluding carboxylic acids is 1. The average molecular weight is 620 g/mol. The molecule has 1 aromatic heterocycles. The molecule has 0 fully saturated rings. The number of phenols is 1. The molecule has 0 saturated heterocycles. The van der Waals surface area contributed by atoms with Gasteiger partial charge in [-0.2, -0.15) is 0 Å². The number of para-hydroxylation sites is 1. The molecule has 167 valence electrons. The second-order valence-electron chi connectivity index (χ2n) is 7.50. The van der Waals surface area contributed by atoms with Gasteiger partial charge in [-0.05, 0) is 17.5 Å². The molecule has 0 bridgehead atoms. The van der Waals surface area contributed by atoms with Crippen LogP contribution in [0.4, 0.5) is 0 Å². The minimum Gasteiger partial charge on any atom is -0.507 e. The SMILES string of the molecule is O=Cc1ccccc1O.[Ir].[c-]1cccc2c1c1ncc(-c3ccccc3)nc1c1ccccc21. The summed E-state index contributed by atoms with van der Waals surface area (Å²) in [7, 11) is 0. The van der Waals surface area contributed by atoms with Gasteiger partial charge in [0, 0.05) is 37.4 Å². The Balaban J connectivity index is 0.000000234. The number of hydrogen-bond donors (Lipinski definition) is 1. The number of aldehydes is 1. The minimum absolute atomic E-state index is 0. The number of benzene rings is 5. The van der Waals surface area contributed by atoms with E-state index >= 15 is 0 Å². The van der Waals surface area contributed by atoms with Crippen LogP contribution in [0.2, 0.25) is 0 Å². The van der Waals surface area contributed by atoms with Crippen LogP contribution < -0.4 is 0 Å². The molecule has 0 spiro atoms. The number of fused-ring (bicyclic) bond motifs is 6. The molecule has 0 saturated carbocycles. The van der Waals surface area contributed by atoms with Gasteiger partial charge in [0.2, 0.25) is 0 Å². The largest absolute Gasteiger partial charge is 0.507 e. The van der Waals surface area contributed by atoms with Gasteiger partial charge in [-0.3, -0.25) is 9.78 Å². The number of aromatic hydroxyl groups is 1. The van der Waals surface area contributed by atoms with Gasteiger partial charge in [0.05, 0.1) is 16.8 Å². The number of rotatable bonds is 2. The summed E-state index contributed by atoms with van der Waals surface area (Å²) in [4.78, 5) is 19.8. The van der Waals surface area contributed by atoms with E-state index in [4.69, 9.17) is 15.1 Å². The van der Waals surface area contributed by atoms with Gasteiger partial charge in [-0.15, -0.1) is 29.7 Å². The van der Waals surface area contributed by atoms with E-state index in [9.17, 15) is 4.79 Å². The van der Waals surface area contributed by atoms with Gasteiger partial charge in [0.25, 0.3) is 0 Å². The molecule has 0 aliphatic carbocycles. The van der Waals surface area contributed by atoms with Crippen molar-refractivity contribution in [1.29, 1.82) is 0 Å². The number of aromatic nitrogens is 2. The molecule has 34 heavy (non-hydrogen) atoms. The molecule has 0 atom stereocenters. The topological polar surface area (TPSA) is 63.1 Å². The Labute approximate surface area is 210 Å². The molecule has 5 heteroatoms. The van der Waals surface area contributed by atoms with E-state index in [-0.39, 0.29) is 25.9 Å². The van der Waals surface area contributed by atoms with Crippen LogP contribution in [0.25, 0.3) is 43.8 Å². The molecule has 5 aromatic carbocycles. The third-order valence-corrected chi connectivity index (χ3v) is 5.47. The Morgan fingerprint density at radius 2 is 1.41 bits per heavy atom. The van der Waals surface area contributed by atoms with Gasteiger partial charge < -0.3 is 10.1 Å². The zero-order chi connectivity index (χ0) is 22.6.